The van der Waals surface area contributed by atoms with Crippen molar-refractivity contribution in [3.05, 3.63) is 29.3 Å². The molecule has 0 heterocycles. The van der Waals surface area contributed by atoms with E-state index in [-0.39, 0.29) is 18.9 Å². The van der Waals surface area contributed by atoms with E-state index < -0.39 is 10.0 Å². The molecule has 0 radical (unpaired) electrons. The Hall–Kier alpha value is -1.60. The van der Waals surface area contributed by atoms with Crippen LogP contribution in [0.1, 0.15) is 17.5 Å². The average molecular weight is 328 g/mol. The molecule has 1 N–H and O–H groups in total. The number of hydrogen-bond acceptors (Lipinski definition) is 4. The Kier molecular flexibility index (Phi) is 6.83. The summed E-state index contributed by atoms with van der Waals surface area (Å²) < 4.78 is 30.2. The molecule has 0 saturated heterocycles. The molecule has 0 aliphatic heterocycles. The molecule has 0 atom stereocenters. The van der Waals surface area contributed by atoms with E-state index in [0.717, 1.165) is 17.4 Å². The summed E-state index contributed by atoms with van der Waals surface area (Å²) in [4.78, 5) is 11.7. The van der Waals surface area contributed by atoms with Gasteiger partial charge in [0, 0.05) is 26.6 Å². The van der Waals surface area contributed by atoms with Crippen LogP contribution in [0, 0.1) is 13.8 Å². The number of nitrogens with one attached hydrogen (secondary N) is 1. The number of aryl methyl sites for hydroxylation is 2. The first-order valence-electron chi connectivity index (χ1n) is 7.06. The molecule has 6 nitrogen and oxygen atoms in total. The Morgan fingerprint density at radius 3 is 2.55 bits per heavy atom. The Morgan fingerprint density at radius 1 is 1.32 bits per heavy atom. The maximum absolute atomic E-state index is 12.0. The lowest BCUT2D eigenvalue weighted by molar-refractivity contribution is -0.121. The molecule has 0 aliphatic carbocycles. The van der Waals surface area contributed by atoms with Gasteiger partial charge in [-0.3, -0.25) is 9.10 Å². The molecule has 0 saturated carbocycles. The first-order chi connectivity index (χ1) is 10.3. The Balaban J connectivity index is 2.81. The van der Waals surface area contributed by atoms with Gasteiger partial charge in [0.1, 0.15) is 0 Å². The van der Waals surface area contributed by atoms with Crippen molar-refractivity contribution in [1.29, 1.82) is 0 Å². The SMILES string of the molecule is COCCNC(=O)CCN(c1ccc(C)cc1C)S(C)(=O)=O. The lowest BCUT2D eigenvalue weighted by Gasteiger charge is -2.24. The van der Waals surface area contributed by atoms with Gasteiger partial charge in [-0.25, -0.2) is 8.42 Å². The zero-order chi connectivity index (χ0) is 16.8. The number of nitrogens with zero attached hydrogens (tertiary/aromatic N) is 1. The van der Waals surface area contributed by atoms with E-state index >= 15 is 0 Å². The molecule has 7 heteroatoms. The predicted octanol–water partition coefficient (Wildman–Crippen LogP) is 1.22. The Labute approximate surface area is 132 Å². The quantitative estimate of drug-likeness (QED) is 0.728. The minimum Gasteiger partial charge on any atom is -0.383 e. The summed E-state index contributed by atoms with van der Waals surface area (Å²) >= 11 is 0. The third-order valence-electron chi connectivity index (χ3n) is 3.19. The molecule has 1 amide bonds. The van der Waals surface area contributed by atoms with Gasteiger partial charge in [-0.1, -0.05) is 17.7 Å². The molecule has 0 bridgehead atoms. The van der Waals surface area contributed by atoms with E-state index in [4.69, 9.17) is 4.74 Å². The second-order valence-corrected chi connectivity index (χ2v) is 7.12. The van der Waals surface area contributed by atoms with Gasteiger partial charge >= 0.3 is 0 Å². The normalized spacial score (nSPS) is 11.3. The Morgan fingerprint density at radius 2 is 2.00 bits per heavy atom. The summed E-state index contributed by atoms with van der Waals surface area (Å²) in [6, 6.07) is 5.56. The minimum absolute atomic E-state index is 0.101. The molecular formula is C15H24N2O4S. The van der Waals surface area contributed by atoms with Gasteiger partial charge in [-0.05, 0) is 25.5 Å². The fourth-order valence-corrected chi connectivity index (χ4v) is 3.12. The topological polar surface area (TPSA) is 75.7 Å². The zero-order valence-electron chi connectivity index (χ0n) is 13.5. The van der Waals surface area contributed by atoms with Crippen molar-refractivity contribution in [3.8, 4) is 0 Å². The van der Waals surface area contributed by atoms with Crippen LogP contribution in [0.15, 0.2) is 18.2 Å². The maximum atomic E-state index is 12.0. The summed E-state index contributed by atoms with van der Waals surface area (Å²) in [5.41, 5.74) is 2.54. The second-order valence-electron chi connectivity index (χ2n) is 5.22. The number of sulfonamides is 1. The third-order valence-corrected chi connectivity index (χ3v) is 4.37. The first-order valence-corrected chi connectivity index (χ1v) is 8.91. The van der Waals surface area contributed by atoms with Crippen molar-refractivity contribution in [1.82, 2.24) is 5.32 Å². The lowest BCUT2D eigenvalue weighted by Crippen LogP contribution is -2.35. The van der Waals surface area contributed by atoms with Crippen LogP contribution in [0.5, 0.6) is 0 Å². The van der Waals surface area contributed by atoms with Crippen molar-refractivity contribution in [3.63, 3.8) is 0 Å². The van der Waals surface area contributed by atoms with Crippen molar-refractivity contribution in [2.24, 2.45) is 0 Å². The number of carbonyl (C=O) groups excluding carboxylic acids is 1. The summed E-state index contributed by atoms with van der Waals surface area (Å²) in [6.45, 7) is 4.77. The standard InChI is InChI=1S/C15H24N2O4S/c1-12-5-6-14(13(2)11-12)17(22(4,19)20)9-7-15(18)16-8-10-21-3/h5-6,11H,7-10H2,1-4H3,(H,16,18). The van der Waals surface area contributed by atoms with Crippen LogP contribution in [0.2, 0.25) is 0 Å². The first kappa shape index (κ1) is 18.4. The van der Waals surface area contributed by atoms with Crippen molar-refractivity contribution < 1.29 is 17.9 Å². The molecule has 1 aromatic carbocycles. The summed E-state index contributed by atoms with van der Waals surface area (Å²) in [6.07, 6.45) is 1.25. The molecule has 1 rings (SSSR count). The zero-order valence-corrected chi connectivity index (χ0v) is 14.4. The number of hydrogen-bond donors (Lipinski definition) is 1. The van der Waals surface area contributed by atoms with E-state index in [9.17, 15) is 13.2 Å². The smallest absolute Gasteiger partial charge is 0.232 e. The lowest BCUT2D eigenvalue weighted by atomic mass is 10.1. The largest absolute Gasteiger partial charge is 0.383 e. The van der Waals surface area contributed by atoms with Crippen LogP contribution < -0.4 is 9.62 Å². The van der Waals surface area contributed by atoms with Crippen LogP contribution in [-0.2, 0) is 19.6 Å². The number of anilines is 1. The second kappa shape index (κ2) is 8.14. The van der Waals surface area contributed by atoms with Gasteiger partial charge in [0.25, 0.3) is 0 Å². The maximum Gasteiger partial charge on any atom is 0.232 e. The number of rotatable bonds is 8. The van der Waals surface area contributed by atoms with Crippen molar-refractivity contribution in [2.75, 3.05) is 37.4 Å². The molecule has 0 unspecified atom stereocenters. The number of benzene rings is 1. The Bertz CT molecular complexity index is 614. The van der Waals surface area contributed by atoms with E-state index in [1.165, 1.54) is 4.31 Å². The molecule has 0 aromatic heterocycles. The van der Waals surface area contributed by atoms with Gasteiger partial charge in [0.2, 0.25) is 15.9 Å². The molecule has 0 aliphatic rings. The minimum atomic E-state index is -3.45. The fourth-order valence-electron chi connectivity index (χ4n) is 2.13. The molecule has 1 aromatic rings. The van der Waals surface area contributed by atoms with E-state index in [2.05, 4.69) is 5.32 Å². The van der Waals surface area contributed by atoms with Gasteiger partial charge in [-0.15, -0.1) is 0 Å². The molecule has 0 spiro atoms. The number of amides is 1. The molecule has 22 heavy (non-hydrogen) atoms. The molecule has 0 fully saturated rings. The van der Waals surface area contributed by atoms with Crippen molar-refractivity contribution in [2.45, 2.75) is 20.3 Å². The van der Waals surface area contributed by atoms with Gasteiger partial charge in [0.15, 0.2) is 0 Å². The highest BCUT2D eigenvalue weighted by molar-refractivity contribution is 7.92. The average Bonchev–Trinajstić information content (AvgIpc) is 2.40. The van der Waals surface area contributed by atoms with E-state index in [1.807, 2.05) is 26.0 Å². The monoisotopic (exact) mass is 328 g/mol. The molecule has 124 valence electrons. The molecular weight excluding hydrogens is 304 g/mol. The van der Waals surface area contributed by atoms with E-state index in [1.54, 1.807) is 13.2 Å². The van der Waals surface area contributed by atoms with Crippen molar-refractivity contribution >= 4 is 21.6 Å². The number of methoxy groups -OCH3 is 1. The number of carbonyl (C=O) groups is 1. The van der Waals surface area contributed by atoms with Crippen LogP contribution in [0.3, 0.4) is 0 Å². The van der Waals surface area contributed by atoms with Crippen LogP contribution in [-0.4, -0.2) is 47.4 Å². The fraction of sp³-hybridized carbons (Fsp3) is 0.533. The highest BCUT2D eigenvalue weighted by atomic mass is 32.2. The van der Waals surface area contributed by atoms with E-state index in [0.29, 0.717) is 18.8 Å². The summed E-state index contributed by atoms with van der Waals surface area (Å²) in [7, 11) is -1.89. The highest BCUT2D eigenvalue weighted by Crippen LogP contribution is 2.23. The van der Waals surface area contributed by atoms with Crippen LogP contribution >= 0.6 is 0 Å². The predicted molar refractivity (Wildman–Crippen MR) is 87.6 cm³/mol. The van der Waals surface area contributed by atoms with Crippen LogP contribution in [0.25, 0.3) is 0 Å². The van der Waals surface area contributed by atoms with Gasteiger partial charge in [0.05, 0.1) is 18.6 Å². The third kappa shape index (κ3) is 5.65. The number of ether oxygens (including phenoxy) is 1. The summed E-state index contributed by atoms with van der Waals surface area (Å²) in [5.74, 6) is -0.199. The van der Waals surface area contributed by atoms with Crippen LogP contribution in [0.4, 0.5) is 5.69 Å². The van der Waals surface area contributed by atoms with Gasteiger partial charge < -0.3 is 10.1 Å². The highest BCUT2D eigenvalue weighted by Gasteiger charge is 2.20. The van der Waals surface area contributed by atoms with Gasteiger partial charge in [-0.2, -0.15) is 0 Å². The summed E-state index contributed by atoms with van der Waals surface area (Å²) in [5, 5.41) is 2.68.